The molecule has 10 heteroatoms. The third-order valence-electron chi connectivity index (χ3n) is 5.06. The number of nitrogens with zero attached hydrogens (tertiary/aromatic N) is 6. The number of benzene rings is 1. The van der Waals surface area contributed by atoms with Crippen molar-refractivity contribution in [3.05, 3.63) is 71.9 Å². The van der Waals surface area contributed by atoms with E-state index in [0.29, 0.717) is 30.7 Å². The zero-order valence-corrected chi connectivity index (χ0v) is 19.3. The largest absolute Gasteiger partial charge is 0.353 e. The Hall–Kier alpha value is -3.66. The van der Waals surface area contributed by atoms with E-state index in [1.54, 1.807) is 18.3 Å². The van der Waals surface area contributed by atoms with E-state index in [0.717, 1.165) is 30.3 Å². The Bertz CT molecular complexity index is 1110. The number of pyridine rings is 1. The lowest BCUT2D eigenvalue weighted by atomic mass is 10.3. The number of aromatic nitrogens is 3. The lowest BCUT2D eigenvalue weighted by Gasteiger charge is -2.36. The highest BCUT2D eigenvalue weighted by molar-refractivity contribution is 7.80. The van der Waals surface area contributed by atoms with E-state index in [9.17, 15) is 4.39 Å². The van der Waals surface area contributed by atoms with Crippen LogP contribution in [0.4, 0.5) is 21.8 Å². The number of guanidine groups is 1. The number of hydrogen-bond acceptors (Lipinski definition) is 5. The lowest BCUT2D eigenvalue weighted by molar-refractivity contribution is 0.384. The molecule has 4 rings (SSSR count). The summed E-state index contributed by atoms with van der Waals surface area (Å²) >= 11 is 5.46. The summed E-state index contributed by atoms with van der Waals surface area (Å²) in [7, 11) is 0. The predicted octanol–water partition coefficient (Wildman–Crippen LogP) is 3.61. The fourth-order valence-corrected chi connectivity index (χ4v) is 3.73. The zero-order valence-electron chi connectivity index (χ0n) is 18.5. The third-order valence-corrected chi connectivity index (χ3v) is 5.25. The van der Waals surface area contributed by atoms with E-state index in [2.05, 4.69) is 40.4 Å². The number of anilines is 3. The third kappa shape index (κ3) is 6.19. The number of aliphatic imine (C=N–C) groups is 1. The van der Waals surface area contributed by atoms with Crippen molar-refractivity contribution in [1.82, 2.24) is 19.9 Å². The molecule has 8 nitrogen and oxygen atoms in total. The van der Waals surface area contributed by atoms with Crippen molar-refractivity contribution < 1.29 is 4.39 Å². The average molecular weight is 465 g/mol. The molecule has 3 aromatic rings. The van der Waals surface area contributed by atoms with Gasteiger partial charge in [0.15, 0.2) is 0 Å². The van der Waals surface area contributed by atoms with Gasteiger partial charge >= 0.3 is 0 Å². The summed E-state index contributed by atoms with van der Waals surface area (Å²) < 4.78 is 13.2. The summed E-state index contributed by atoms with van der Waals surface area (Å²) in [4.78, 5) is 22.4. The van der Waals surface area contributed by atoms with Crippen LogP contribution in [-0.2, 0) is 0 Å². The maximum atomic E-state index is 13.2. The molecule has 0 radical (unpaired) electrons. The Labute approximate surface area is 197 Å². The van der Waals surface area contributed by atoms with Crippen LogP contribution in [0.1, 0.15) is 11.4 Å². The van der Waals surface area contributed by atoms with Crippen LogP contribution in [0.5, 0.6) is 0 Å². The fourth-order valence-electron chi connectivity index (χ4n) is 3.53. The quantitative estimate of drug-likeness (QED) is 0.346. The van der Waals surface area contributed by atoms with Crippen molar-refractivity contribution in [2.75, 3.05) is 41.7 Å². The molecule has 0 atom stereocenters. The minimum absolute atomic E-state index is 0.251. The van der Waals surface area contributed by atoms with Crippen LogP contribution in [0, 0.1) is 19.7 Å². The van der Waals surface area contributed by atoms with Crippen LogP contribution in [0.25, 0.3) is 0 Å². The topological polar surface area (TPSA) is 81.6 Å². The van der Waals surface area contributed by atoms with Crippen molar-refractivity contribution >= 4 is 40.7 Å². The Morgan fingerprint density at radius 3 is 2.30 bits per heavy atom. The number of nitrogens with one attached hydrogen (secondary N) is 2. The van der Waals surface area contributed by atoms with E-state index < -0.39 is 0 Å². The summed E-state index contributed by atoms with van der Waals surface area (Å²) in [6, 6.07) is 13.8. The monoisotopic (exact) mass is 464 g/mol. The minimum Gasteiger partial charge on any atom is -0.353 e. The van der Waals surface area contributed by atoms with E-state index >= 15 is 0 Å². The highest BCUT2D eigenvalue weighted by atomic mass is 32.1. The highest BCUT2D eigenvalue weighted by Gasteiger charge is 2.22. The van der Waals surface area contributed by atoms with Gasteiger partial charge in [0.1, 0.15) is 11.6 Å². The molecule has 1 aliphatic rings. The normalized spacial score (nSPS) is 14.2. The molecule has 3 heterocycles. The summed E-state index contributed by atoms with van der Waals surface area (Å²) in [6.45, 7) is 6.83. The van der Waals surface area contributed by atoms with Crippen LogP contribution < -0.4 is 15.5 Å². The standard InChI is InChI=1S/C23H25FN8S/c1-16-15-17(2)27-21(26-16)29-22(30-23(33)28-19-8-6-18(24)7-9-19)32-13-11-31(12-14-32)20-5-3-4-10-25-20/h3-10,15H,11-14H2,1-2H3,(H2,26,27,28,29,30,33). The fraction of sp³-hybridized carbons (Fsp3) is 0.261. The molecule has 1 saturated heterocycles. The van der Waals surface area contributed by atoms with Crippen LogP contribution >= 0.6 is 12.2 Å². The first-order valence-corrected chi connectivity index (χ1v) is 11.0. The molecule has 2 aromatic heterocycles. The Morgan fingerprint density at radius 1 is 0.970 bits per heavy atom. The number of aryl methyl sites for hydroxylation is 2. The number of rotatable bonds is 3. The van der Waals surface area contributed by atoms with Gasteiger partial charge < -0.3 is 15.1 Å². The van der Waals surface area contributed by atoms with Crippen LogP contribution in [-0.4, -0.2) is 57.1 Å². The first-order valence-electron chi connectivity index (χ1n) is 10.6. The van der Waals surface area contributed by atoms with Crippen LogP contribution in [0.2, 0.25) is 0 Å². The first kappa shape index (κ1) is 22.5. The van der Waals surface area contributed by atoms with Gasteiger partial charge in [-0.3, -0.25) is 5.32 Å². The van der Waals surface area contributed by atoms with Crippen molar-refractivity contribution in [3.63, 3.8) is 0 Å². The smallest absolute Gasteiger partial charge is 0.229 e. The second-order valence-corrected chi connectivity index (χ2v) is 8.02. The van der Waals surface area contributed by atoms with Gasteiger partial charge in [-0.25, -0.2) is 19.3 Å². The molecule has 0 amide bonds. The van der Waals surface area contributed by atoms with Gasteiger partial charge in [0.2, 0.25) is 17.0 Å². The van der Waals surface area contributed by atoms with Crippen LogP contribution in [0.3, 0.4) is 0 Å². The van der Waals surface area contributed by atoms with Gasteiger partial charge in [0.25, 0.3) is 0 Å². The van der Waals surface area contributed by atoms with Crippen molar-refractivity contribution in [2.45, 2.75) is 13.8 Å². The van der Waals surface area contributed by atoms with Gasteiger partial charge in [0, 0.05) is 49.5 Å². The molecular formula is C23H25FN8S. The SMILES string of the molecule is Cc1cc(C)nc(N/C(=N/C(=S)Nc2ccc(F)cc2)N2CCN(c3ccccn3)CC2)n1. The molecule has 33 heavy (non-hydrogen) atoms. The molecular weight excluding hydrogens is 439 g/mol. The summed E-state index contributed by atoms with van der Waals surface area (Å²) in [5.41, 5.74) is 2.37. The molecule has 0 bridgehead atoms. The maximum Gasteiger partial charge on any atom is 0.229 e. The number of halogens is 1. The van der Waals surface area contributed by atoms with Gasteiger partial charge in [-0.05, 0) is 68.5 Å². The number of hydrogen-bond donors (Lipinski definition) is 2. The van der Waals surface area contributed by atoms with Crippen molar-refractivity contribution in [1.29, 1.82) is 0 Å². The van der Waals surface area contributed by atoms with Gasteiger partial charge in [-0.15, -0.1) is 0 Å². The first-order chi connectivity index (χ1) is 16.0. The van der Waals surface area contributed by atoms with E-state index in [4.69, 9.17) is 12.2 Å². The van der Waals surface area contributed by atoms with Crippen molar-refractivity contribution in [3.8, 4) is 0 Å². The Morgan fingerprint density at radius 2 is 1.67 bits per heavy atom. The highest BCUT2D eigenvalue weighted by Crippen LogP contribution is 2.14. The predicted molar refractivity (Wildman–Crippen MR) is 133 cm³/mol. The van der Waals surface area contributed by atoms with E-state index in [1.807, 2.05) is 38.1 Å². The lowest BCUT2D eigenvalue weighted by Crippen LogP contribution is -2.51. The molecule has 1 aromatic carbocycles. The molecule has 2 N–H and O–H groups in total. The molecule has 0 aliphatic carbocycles. The zero-order chi connectivity index (χ0) is 23.2. The second-order valence-electron chi connectivity index (χ2n) is 7.63. The Kier molecular flexibility index (Phi) is 7.04. The summed E-state index contributed by atoms with van der Waals surface area (Å²) in [6.07, 6.45) is 1.80. The van der Waals surface area contributed by atoms with Gasteiger partial charge in [-0.1, -0.05) is 6.07 Å². The maximum absolute atomic E-state index is 13.2. The molecule has 0 saturated carbocycles. The van der Waals surface area contributed by atoms with Gasteiger partial charge in [0.05, 0.1) is 0 Å². The second kappa shape index (κ2) is 10.3. The number of piperazine rings is 1. The van der Waals surface area contributed by atoms with Crippen molar-refractivity contribution in [2.24, 2.45) is 4.99 Å². The van der Waals surface area contributed by atoms with Crippen LogP contribution in [0.15, 0.2) is 59.7 Å². The molecule has 0 unspecified atom stereocenters. The molecule has 170 valence electrons. The molecule has 0 spiro atoms. The molecule has 1 aliphatic heterocycles. The summed E-state index contributed by atoms with van der Waals surface area (Å²) in [5.74, 6) is 1.66. The summed E-state index contributed by atoms with van der Waals surface area (Å²) in [5, 5.41) is 6.52. The number of thiocarbonyl (C=S) groups is 1. The average Bonchev–Trinajstić information content (AvgIpc) is 2.80. The Balaban J connectivity index is 1.52. The molecule has 1 fully saturated rings. The van der Waals surface area contributed by atoms with E-state index in [1.165, 1.54) is 12.1 Å². The minimum atomic E-state index is -0.310. The van der Waals surface area contributed by atoms with E-state index in [-0.39, 0.29) is 10.9 Å². The van der Waals surface area contributed by atoms with Gasteiger partial charge in [-0.2, -0.15) is 4.99 Å².